The Morgan fingerprint density at radius 1 is 0.906 bits per heavy atom. The summed E-state index contributed by atoms with van der Waals surface area (Å²) in [6.45, 7) is 1.80. The van der Waals surface area contributed by atoms with E-state index in [4.69, 9.17) is 0 Å². The summed E-state index contributed by atoms with van der Waals surface area (Å²) < 4.78 is 69.7. The van der Waals surface area contributed by atoms with Crippen molar-refractivity contribution in [3.63, 3.8) is 0 Å². The molecule has 4 rings (SSSR count). The van der Waals surface area contributed by atoms with Crippen LogP contribution in [0.2, 0.25) is 0 Å². The van der Waals surface area contributed by atoms with Gasteiger partial charge in [0.2, 0.25) is 0 Å². The molecular formula is C24H21F3N2O2S. The van der Waals surface area contributed by atoms with Gasteiger partial charge in [0.25, 0.3) is 10.0 Å². The maximum absolute atomic E-state index is 13.9. The van der Waals surface area contributed by atoms with Crippen molar-refractivity contribution in [2.75, 3.05) is 0 Å². The minimum absolute atomic E-state index is 0.108. The van der Waals surface area contributed by atoms with Gasteiger partial charge in [-0.25, -0.2) is 0 Å². The highest BCUT2D eigenvalue weighted by atomic mass is 32.2. The third kappa shape index (κ3) is 4.14. The van der Waals surface area contributed by atoms with Gasteiger partial charge in [0.05, 0.1) is 17.0 Å². The lowest BCUT2D eigenvalue weighted by Gasteiger charge is -2.37. The van der Waals surface area contributed by atoms with Crippen molar-refractivity contribution in [1.29, 1.82) is 0 Å². The van der Waals surface area contributed by atoms with E-state index in [2.05, 4.69) is 5.10 Å². The molecule has 166 valence electrons. The van der Waals surface area contributed by atoms with Crippen LogP contribution in [0.15, 0.2) is 94.9 Å². The van der Waals surface area contributed by atoms with Crippen LogP contribution in [-0.4, -0.2) is 24.7 Å². The predicted molar refractivity (Wildman–Crippen MR) is 117 cm³/mol. The standard InChI is InChI=1S/C24H21F3N2O2S/c1-18-12-14-21(15-13-18)32(30,31)29-23(17-24(25,26)27,20-10-6-3-7-11-20)16-22(28-29)19-8-4-2-5-9-19/h2-15H,16-17H2,1H3/t23-/m1/s1. The second-order valence-electron chi connectivity index (χ2n) is 7.84. The zero-order valence-corrected chi connectivity index (χ0v) is 18.1. The van der Waals surface area contributed by atoms with Gasteiger partial charge in [-0.3, -0.25) is 0 Å². The number of rotatable bonds is 5. The summed E-state index contributed by atoms with van der Waals surface area (Å²) in [7, 11) is -4.38. The molecular weight excluding hydrogens is 437 g/mol. The van der Waals surface area contributed by atoms with Gasteiger partial charge in [0.1, 0.15) is 5.54 Å². The maximum atomic E-state index is 13.9. The summed E-state index contributed by atoms with van der Waals surface area (Å²) in [5, 5.41) is 4.30. The number of benzene rings is 3. The van der Waals surface area contributed by atoms with Crippen LogP contribution in [0.4, 0.5) is 13.2 Å². The summed E-state index contributed by atoms with van der Waals surface area (Å²) in [5.41, 5.74) is 0.00568. The fraction of sp³-hybridized carbons (Fsp3) is 0.208. The molecule has 0 aliphatic carbocycles. The van der Waals surface area contributed by atoms with Crippen molar-refractivity contribution in [2.45, 2.75) is 36.4 Å². The van der Waals surface area contributed by atoms with Crippen molar-refractivity contribution in [3.8, 4) is 0 Å². The van der Waals surface area contributed by atoms with E-state index in [0.717, 1.165) is 5.56 Å². The summed E-state index contributed by atoms with van der Waals surface area (Å²) in [4.78, 5) is -0.108. The number of aryl methyl sites for hydroxylation is 1. The van der Waals surface area contributed by atoms with E-state index in [1.165, 1.54) is 24.3 Å². The van der Waals surface area contributed by atoms with Crippen molar-refractivity contribution >= 4 is 15.7 Å². The van der Waals surface area contributed by atoms with E-state index in [-0.39, 0.29) is 22.6 Å². The van der Waals surface area contributed by atoms with E-state index < -0.39 is 28.2 Å². The van der Waals surface area contributed by atoms with E-state index in [0.29, 0.717) is 9.98 Å². The van der Waals surface area contributed by atoms with Crippen LogP contribution >= 0.6 is 0 Å². The number of sulfonamides is 1. The van der Waals surface area contributed by atoms with Gasteiger partial charge in [-0.2, -0.15) is 31.1 Å². The molecule has 1 atom stereocenters. The molecule has 0 saturated heterocycles. The molecule has 1 aliphatic heterocycles. The molecule has 0 N–H and O–H groups in total. The first-order valence-electron chi connectivity index (χ1n) is 9.99. The molecule has 3 aromatic carbocycles. The summed E-state index contributed by atoms with van der Waals surface area (Å²) in [6.07, 6.45) is -6.20. The van der Waals surface area contributed by atoms with Gasteiger partial charge in [0, 0.05) is 6.42 Å². The van der Waals surface area contributed by atoms with E-state index in [1.54, 1.807) is 67.6 Å². The molecule has 32 heavy (non-hydrogen) atoms. The first kappa shape index (κ1) is 22.1. The number of alkyl halides is 3. The molecule has 0 unspecified atom stereocenters. The molecule has 0 radical (unpaired) electrons. The van der Waals surface area contributed by atoms with E-state index in [1.807, 2.05) is 0 Å². The van der Waals surface area contributed by atoms with Crippen molar-refractivity contribution < 1.29 is 21.6 Å². The lowest BCUT2D eigenvalue weighted by molar-refractivity contribution is -0.156. The van der Waals surface area contributed by atoms with Crippen LogP contribution < -0.4 is 0 Å². The van der Waals surface area contributed by atoms with Gasteiger partial charge in [-0.05, 0) is 30.2 Å². The minimum atomic E-state index is -4.63. The Labute approximate surface area is 185 Å². The number of hydrazone groups is 1. The third-order valence-electron chi connectivity index (χ3n) is 5.50. The Kier molecular flexibility index (Phi) is 5.58. The number of halogens is 3. The molecule has 0 aromatic heterocycles. The summed E-state index contributed by atoms with van der Waals surface area (Å²) >= 11 is 0. The number of nitrogens with zero attached hydrogens (tertiary/aromatic N) is 2. The predicted octanol–water partition coefficient (Wildman–Crippen LogP) is 5.64. The third-order valence-corrected chi connectivity index (χ3v) is 7.25. The molecule has 1 heterocycles. The average molecular weight is 459 g/mol. The molecule has 4 nitrogen and oxygen atoms in total. The summed E-state index contributed by atoms with van der Waals surface area (Å²) in [5.74, 6) is 0. The van der Waals surface area contributed by atoms with E-state index >= 15 is 0 Å². The fourth-order valence-corrected chi connectivity index (χ4v) is 5.57. The number of hydrogen-bond donors (Lipinski definition) is 0. The molecule has 0 spiro atoms. The SMILES string of the molecule is Cc1ccc(S(=O)(=O)N2N=C(c3ccccc3)C[C@@]2(CC(F)(F)F)c2ccccc2)cc1. The van der Waals surface area contributed by atoms with Crippen LogP contribution in [0.5, 0.6) is 0 Å². The van der Waals surface area contributed by atoms with Gasteiger partial charge >= 0.3 is 6.18 Å². The maximum Gasteiger partial charge on any atom is 0.391 e. The smallest absolute Gasteiger partial charge is 0.200 e. The van der Waals surface area contributed by atoms with Crippen LogP contribution in [0.1, 0.15) is 29.5 Å². The molecule has 1 aliphatic rings. The van der Waals surface area contributed by atoms with Crippen molar-refractivity contribution in [1.82, 2.24) is 4.41 Å². The fourth-order valence-electron chi connectivity index (χ4n) is 3.99. The van der Waals surface area contributed by atoms with Crippen LogP contribution in [0.3, 0.4) is 0 Å². The van der Waals surface area contributed by atoms with Crippen LogP contribution in [0.25, 0.3) is 0 Å². The Hall–Kier alpha value is -3.13. The lowest BCUT2D eigenvalue weighted by Crippen LogP contribution is -2.46. The Bertz CT molecular complexity index is 1230. The Morgan fingerprint density at radius 2 is 1.47 bits per heavy atom. The van der Waals surface area contributed by atoms with Crippen molar-refractivity contribution in [2.24, 2.45) is 5.10 Å². The first-order chi connectivity index (χ1) is 15.1. The van der Waals surface area contributed by atoms with Crippen molar-refractivity contribution in [3.05, 3.63) is 102 Å². The second kappa shape index (κ2) is 8.09. The zero-order chi connectivity index (χ0) is 23.0. The molecule has 0 fully saturated rings. The van der Waals surface area contributed by atoms with Crippen LogP contribution in [0, 0.1) is 6.92 Å². The van der Waals surface area contributed by atoms with Gasteiger partial charge < -0.3 is 0 Å². The Morgan fingerprint density at radius 3 is 2.03 bits per heavy atom. The Balaban J connectivity index is 1.95. The monoisotopic (exact) mass is 458 g/mol. The number of hydrogen-bond acceptors (Lipinski definition) is 3. The molecule has 0 saturated carbocycles. The second-order valence-corrected chi connectivity index (χ2v) is 9.61. The molecule has 8 heteroatoms. The highest BCUT2D eigenvalue weighted by Crippen LogP contribution is 2.48. The highest BCUT2D eigenvalue weighted by Gasteiger charge is 2.55. The highest BCUT2D eigenvalue weighted by molar-refractivity contribution is 7.89. The normalized spacial score (nSPS) is 19.1. The lowest BCUT2D eigenvalue weighted by atomic mass is 9.82. The summed E-state index contributed by atoms with van der Waals surface area (Å²) in [6, 6.07) is 22.6. The minimum Gasteiger partial charge on any atom is -0.200 e. The first-order valence-corrected chi connectivity index (χ1v) is 11.4. The van der Waals surface area contributed by atoms with Gasteiger partial charge in [0.15, 0.2) is 0 Å². The largest absolute Gasteiger partial charge is 0.391 e. The van der Waals surface area contributed by atoms with Gasteiger partial charge in [-0.15, -0.1) is 0 Å². The molecule has 3 aromatic rings. The average Bonchev–Trinajstić information content (AvgIpc) is 3.15. The zero-order valence-electron chi connectivity index (χ0n) is 17.3. The topological polar surface area (TPSA) is 49.7 Å². The molecule has 0 bridgehead atoms. The van der Waals surface area contributed by atoms with Gasteiger partial charge in [-0.1, -0.05) is 78.4 Å². The van der Waals surface area contributed by atoms with E-state index in [9.17, 15) is 21.6 Å². The van der Waals surface area contributed by atoms with Crippen LogP contribution in [-0.2, 0) is 15.6 Å². The quantitative estimate of drug-likeness (QED) is 0.497. The molecule has 0 amide bonds.